The molecule has 1 saturated heterocycles. The van der Waals surface area contributed by atoms with Crippen LogP contribution < -0.4 is 9.64 Å². The summed E-state index contributed by atoms with van der Waals surface area (Å²) in [5.74, 6) is 1.84. The summed E-state index contributed by atoms with van der Waals surface area (Å²) in [5, 5.41) is 4.61. The van der Waals surface area contributed by atoms with Gasteiger partial charge in [-0.3, -0.25) is 14.6 Å². The highest BCUT2D eigenvalue weighted by molar-refractivity contribution is 5.39. The lowest BCUT2D eigenvalue weighted by Crippen LogP contribution is -2.48. The lowest BCUT2D eigenvalue weighted by Gasteiger charge is -2.42. The molecule has 2 aromatic heterocycles. The molecule has 1 aromatic carbocycles. The number of anilines is 1. The van der Waals surface area contributed by atoms with Crippen LogP contribution in [0.25, 0.3) is 0 Å². The van der Waals surface area contributed by atoms with Gasteiger partial charge in [0.1, 0.15) is 11.6 Å². The van der Waals surface area contributed by atoms with Crippen LogP contribution in [0, 0.1) is 13.8 Å². The second-order valence-electron chi connectivity index (χ2n) is 7.77. The van der Waals surface area contributed by atoms with Crippen molar-refractivity contribution in [2.24, 2.45) is 7.05 Å². The van der Waals surface area contributed by atoms with Gasteiger partial charge in [-0.25, -0.2) is 4.98 Å². The maximum absolute atomic E-state index is 5.64. The molecule has 3 aromatic rings. The van der Waals surface area contributed by atoms with Crippen molar-refractivity contribution < 1.29 is 4.74 Å². The van der Waals surface area contributed by atoms with Gasteiger partial charge in [-0.2, -0.15) is 5.10 Å². The van der Waals surface area contributed by atoms with E-state index < -0.39 is 0 Å². The number of piperazine rings is 1. The van der Waals surface area contributed by atoms with E-state index in [-0.39, 0.29) is 6.04 Å². The van der Waals surface area contributed by atoms with Gasteiger partial charge in [0.2, 0.25) is 0 Å². The number of hydrogen-bond donors (Lipinski definition) is 0. The van der Waals surface area contributed by atoms with Crippen molar-refractivity contribution in [1.82, 2.24) is 24.6 Å². The molecule has 1 aliphatic rings. The van der Waals surface area contributed by atoms with Crippen LogP contribution in [0.1, 0.15) is 35.5 Å². The molecule has 1 unspecified atom stereocenters. The molecule has 0 radical (unpaired) electrons. The van der Waals surface area contributed by atoms with Crippen molar-refractivity contribution in [3.63, 3.8) is 0 Å². The van der Waals surface area contributed by atoms with Gasteiger partial charge >= 0.3 is 0 Å². The normalized spacial score (nSPS) is 17.3. The Labute approximate surface area is 178 Å². The smallest absolute Gasteiger partial charge is 0.147 e. The van der Waals surface area contributed by atoms with Crippen molar-refractivity contribution >= 4 is 5.82 Å². The summed E-state index contributed by atoms with van der Waals surface area (Å²) in [7, 11) is 2.02. The first-order chi connectivity index (χ1) is 14.6. The maximum atomic E-state index is 5.64. The fourth-order valence-corrected chi connectivity index (χ4v) is 4.19. The second-order valence-corrected chi connectivity index (χ2v) is 7.77. The molecule has 1 atom stereocenters. The topological polar surface area (TPSA) is 59.3 Å². The number of ether oxygens (including phenoxy) is 1. The molecule has 0 N–H and O–H groups in total. The average molecular weight is 407 g/mol. The zero-order chi connectivity index (χ0) is 21.1. The lowest BCUT2D eigenvalue weighted by atomic mass is 10.0. The summed E-state index contributed by atoms with van der Waals surface area (Å²) < 4.78 is 7.62. The Kier molecular flexibility index (Phi) is 5.99. The molecule has 0 aliphatic carbocycles. The molecule has 4 rings (SSSR count). The number of nitrogens with zero attached hydrogens (tertiary/aromatic N) is 6. The van der Waals surface area contributed by atoms with E-state index in [0.717, 1.165) is 43.4 Å². The average Bonchev–Trinajstić information content (AvgIpc) is 3.01. The fraction of sp³-hybridized carbons (Fsp3) is 0.435. The molecule has 0 spiro atoms. The number of benzene rings is 1. The number of rotatable bonds is 6. The Morgan fingerprint density at radius 1 is 1.10 bits per heavy atom. The van der Waals surface area contributed by atoms with Crippen molar-refractivity contribution in [2.45, 2.75) is 33.4 Å². The van der Waals surface area contributed by atoms with Crippen LogP contribution in [0.15, 0.2) is 42.9 Å². The summed E-state index contributed by atoms with van der Waals surface area (Å²) in [6, 6.07) is 8.75. The quantitative estimate of drug-likeness (QED) is 0.626. The van der Waals surface area contributed by atoms with E-state index in [1.165, 1.54) is 16.8 Å². The maximum Gasteiger partial charge on any atom is 0.147 e. The van der Waals surface area contributed by atoms with E-state index in [4.69, 9.17) is 4.74 Å². The largest absolute Gasteiger partial charge is 0.494 e. The zero-order valence-corrected chi connectivity index (χ0v) is 18.2. The van der Waals surface area contributed by atoms with Crippen molar-refractivity contribution in [3.8, 4) is 5.75 Å². The van der Waals surface area contributed by atoms with E-state index in [2.05, 4.69) is 63.0 Å². The Morgan fingerprint density at radius 3 is 2.53 bits per heavy atom. The standard InChI is InChI=1S/C23H30N6O/c1-5-30-20-8-6-19(7-9-20)22-16-29(23-14-24-10-11-25-23)13-12-28(22)15-21-17(2)26-27(4)18(21)3/h6-11,14,22H,5,12-13,15-16H2,1-4H3. The van der Waals surface area contributed by atoms with Gasteiger partial charge in [0.25, 0.3) is 0 Å². The molecule has 30 heavy (non-hydrogen) atoms. The third-order valence-corrected chi connectivity index (χ3v) is 5.96. The lowest BCUT2D eigenvalue weighted by molar-refractivity contribution is 0.168. The van der Waals surface area contributed by atoms with Gasteiger partial charge in [-0.1, -0.05) is 12.1 Å². The molecule has 1 aliphatic heterocycles. The highest BCUT2D eigenvalue weighted by Crippen LogP contribution is 2.31. The van der Waals surface area contributed by atoms with Crippen LogP contribution in [0.4, 0.5) is 5.82 Å². The van der Waals surface area contributed by atoms with Gasteiger partial charge in [0.05, 0.1) is 24.5 Å². The van der Waals surface area contributed by atoms with Crippen LogP contribution in [0.5, 0.6) is 5.75 Å². The van der Waals surface area contributed by atoms with Gasteiger partial charge in [0, 0.05) is 56.9 Å². The van der Waals surface area contributed by atoms with E-state index in [1.807, 2.05) is 24.9 Å². The van der Waals surface area contributed by atoms with E-state index >= 15 is 0 Å². The molecular formula is C23H30N6O. The van der Waals surface area contributed by atoms with Crippen molar-refractivity contribution in [3.05, 3.63) is 65.4 Å². The molecule has 0 bridgehead atoms. The Bertz CT molecular complexity index is 969. The molecule has 0 saturated carbocycles. The van der Waals surface area contributed by atoms with Crippen LogP contribution in [0.3, 0.4) is 0 Å². The van der Waals surface area contributed by atoms with Crippen molar-refractivity contribution in [1.29, 1.82) is 0 Å². The van der Waals surface area contributed by atoms with E-state index in [1.54, 1.807) is 12.4 Å². The Morgan fingerprint density at radius 2 is 1.90 bits per heavy atom. The fourth-order valence-electron chi connectivity index (χ4n) is 4.19. The first kappa shape index (κ1) is 20.3. The summed E-state index contributed by atoms with van der Waals surface area (Å²) in [6.45, 7) is 10.6. The third-order valence-electron chi connectivity index (χ3n) is 5.96. The van der Waals surface area contributed by atoms with Crippen LogP contribution >= 0.6 is 0 Å². The molecule has 158 valence electrons. The predicted molar refractivity (Wildman–Crippen MR) is 118 cm³/mol. The molecule has 3 heterocycles. The highest BCUT2D eigenvalue weighted by Gasteiger charge is 2.30. The van der Waals surface area contributed by atoms with Gasteiger partial charge in [-0.15, -0.1) is 0 Å². The van der Waals surface area contributed by atoms with Gasteiger partial charge < -0.3 is 9.64 Å². The minimum Gasteiger partial charge on any atom is -0.494 e. The van der Waals surface area contributed by atoms with Crippen molar-refractivity contribution in [2.75, 3.05) is 31.1 Å². The minimum atomic E-state index is 0.246. The summed E-state index contributed by atoms with van der Waals surface area (Å²) in [5.41, 5.74) is 4.94. The monoisotopic (exact) mass is 406 g/mol. The second kappa shape index (κ2) is 8.83. The van der Waals surface area contributed by atoms with Gasteiger partial charge in [-0.05, 0) is 38.5 Å². The Balaban J connectivity index is 1.62. The van der Waals surface area contributed by atoms with Crippen LogP contribution in [-0.4, -0.2) is 50.9 Å². The zero-order valence-electron chi connectivity index (χ0n) is 18.2. The number of hydrogen-bond acceptors (Lipinski definition) is 6. The van der Waals surface area contributed by atoms with Crippen LogP contribution in [-0.2, 0) is 13.6 Å². The van der Waals surface area contributed by atoms with E-state index in [9.17, 15) is 0 Å². The Hall–Kier alpha value is -2.93. The first-order valence-corrected chi connectivity index (χ1v) is 10.5. The molecule has 0 amide bonds. The molecular weight excluding hydrogens is 376 g/mol. The first-order valence-electron chi connectivity index (χ1n) is 10.5. The summed E-state index contributed by atoms with van der Waals surface area (Å²) in [6.07, 6.45) is 5.33. The van der Waals surface area contributed by atoms with Crippen LogP contribution in [0.2, 0.25) is 0 Å². The number of aromatic nitrogens is 4. The highest BCUT2D eigenvalue weighted by atomic mass is 16.5. The third kappa shape index (κ3) is 4.16. The number of aryl methyl sites for hydroxylation is 2. The molecule has 7 heteroatoms. The van der Waals surface area contributed by atoms with E-state index in [0.29, 0.717) is 6.61 Å². The SMILES string of the molecule is CCOc1ccc(C2CN(c3cnccn3)CCN2Cc2c(C)nn(C)c2C)cc1. The minimum absolute atomic E-state index is 0.246. The summed E-state index contributed by atoms with van der Waals surface area (Å²) >= 11 is 0. The molecule has 7 nitrogen and oxygen atoms in total. The van der Waals surface area contributed by atoms with Gasteiger partial charge in [0.15, 0.2) is 0 Å². The molecule has 1 fully saturated rings. The predicted octanol–water partition coefficient (Wildman–Crippen LogP) is 3.29. The summed E-state index contributed by atoms with van der Waals surface area (Å²) in [4.78, 5) is 13.7.